The molecule has 138 valence electrons. The van der Waals surface area contributed by atoms with Gasteiger partial charge in [-0.1, -0.05) is 36.4 Å². The van der Waals surface area contributed by atoms with Crippen molar-refractivity contribution in [3.8, 4) is 5.69 Å². The second kappa shape index (κ2) is 6.87. The van der Waals surface area contributed by atoms with Gasteiger partial charge in [0.2, 0.25) is 0 Å². The lowest BCUT2D eigenvalue weighted by Gasteiger charge is -2.13. The van der Waals surface area contributed by atoms with Crippen molar-refractivity contribution in [2.45, 2.75) is 6.18 Å². The Morgan fingerprint density at radius 3 is 2.30 bits per heavy atom. The number of nitrogens with zero attached hydrogens (tertiary/aromatic N) is 2. The van der Waals surface area contributed by atoms with Crippen LogP contribution in [0.3, 0.4) is 0 Å². The lowest BCUT2D eigenvalue weighted by molar-refractivity contribution is -0.140. The van der Waals surface area contributed by atoms with Gasteiger partial charge in [0.15, 0.2) is 0 Å². The number of para-hydroxylation sites is 2. The molecule has 8 heteroatoms. The summed E-state index contributed by atoms with van der Waals surface area (Å²) in [6.07, 6.45) is -3.13. The average Bonchev–Trinajstić information content (AvgIpc) is 3.00. The first-order chi connectivity index (χ1) is 12.4. The van der Waals surface area contributed by atoms with Crippen LogP contribution in [0.1, 0.15) is 16.1 Å². The summed E-state index contributed by atoms with van der Waals surface area (Å²) < 4.78 is 41.5. The first kappa shape index (κ1) is 19.2. The predicted octanol–water partition coefficient (Wildman–Crippen LogP) is 6.00. The number of carbonyl (C=O) groups excluding carboxylic acids is 1. The maximum absolute atomic E-state index is 13.3. The monoisotopic (exact) mass is 410 g/mol. The number of rotatable bonds is 2. The van der Waals surface area contributed by atoms with Gasteiger partial charge in [-0.05, 0) is 29.8 Å². The Balaban J connectivity index is 0.00000210. The zero-order valence-corrected chi connectivity index (χ0v) is 15.1. The second-order valence-corrected chi connectivity index (χ2v) is 6.09. The van der Waals surface area contributed by atoms with Gasteiger partial charge in [0.25, 0.3) is 5.24 Å². The minimum atomic E-state index is -4.59. The van der Waals surface area contributed by atoms with Crippen molar-refractivity contribution >= 4 is 51.1 Å². The van der Waals surface area contributed by atoms with Gasteiger partial charge in [-0.25, -0.2) is 4.98 Å². The first-order valence-electron chi connectivity index (χ1n) is 7.63. The maximum atomic E-state index is 13.3. The van der Waals surface area contributed by atoms with Crippen molar-refractivity contribution < 1.29 is 18.0 Å². The number of pyridine rings is 1. The topological polar surface area (TPSA) is 34.9 Å². The third-order valence-electron chi connectivity index (χ3n) is 4.17. The maximum Gasteiger partial charge on any atom is 0.433 e. The summed E-state index contributed by atoms with van der Waals surface area (Å²) in [6, 6.07) is 14.5. The molecule has 0 bridgehead atoms. The highest BCUT2D eigenvalue weighted by molar-refractivity contribution is 6.68. The van der Waals surface area contributed by atoms with Crippen LogP contribution in [0.4, 0.5) is 13.2 Å². The fourth-order valence-corrected chi connectivity index (χ4v) is 3.19. The fraction of sp³-hybridized carbons (Fsp3) is 0.0526. The second-order valence-electron chi connectivity index (χ2n) is 5.75. The molecule has 0 N–H and O–H groups in total. The van der Waals surface area contributed by atoms with Crippen LogP contribution in [0, 0.1) is 0 Å². The molecule has 0 saturated heterocycles. The molecule has 3 nitrogen and oxygen atoms in total. The lowest BCUT2D eigenvalue weighted by Crippen LogP contribution is -2.09. The molecule has 0 spiro atoms. The van der Waals surface area contributed by atoms with Gasteiger partial charge < -0.3 is 4.57 Å². The molecule has 27 heavy (non-hydrogen) atoms. The molecule has 2 aromatic carbocycles. The molecule has 0 atom stereocenters. The van der Waals surface area contributed by atoms with E-state index in [1.807, 2.05) is 0 Å². The summed E-state index contributed by atoms with van der Waals surface area (Å²) in [5, 5.41) is 0.436. The van der Waals surface area contributed by atoms with Gasteiger partial charge in [-0.15, -0.1) is 12.4 Å². The molecular weight excluding hydrogens is 400 g/mol. The lowest BCUT2D eigenvalue weighted by atomic mass is 10.1. The van der Waals surface area contributed by atoms with Crippen molar-refractivity contribution in [1.29, 1.82) is 0 Å². The summed E-state index contributed by atoms with van der Waals surface area (Å²) in [5.41, 5.74) is 0.317. The highest BCUT2D eigenvalue weighted by Crippen LogP contribution is 2.34. The zero-order chi connectivity index (χ0) is 18.5. The number of alkyl halides is 3. The van der Waals surface area contributed by atoms with E-state index in [1.165, 1.54) is 12.3 Å². The van der Waals surface area contributed by atoms with Crippen molar-refractivity contribution in [3.63, 3.8) is 0 Å². The Morgan fingerprint density at radius 2 is 1.63 bits per heavy atom. The molecular formula is C19H11Cl2F3N2O. The highest BCUT2D eigenvalue weighted by atomic mass is 35.5. The molecule has 0 aliphatic carbocycles. The van der Waals surface area contributed by atoms with Crippen molar-refractivity contribution in [2.24, 2.45) is 0 Å². The molecule has 0 amide bonds. The van der Waals surface area contributed by atoms with E-state index in [0.29, 0.717) is 16.3 Å². The molecule has 0 unspecified atom stereocenters. The van der Waals surface area contributed by atoms with Crippen LogP contribution in [-0.4, -0.2) is 14.8 Å². The largest absolute Gasteiger partial charge is 0.433 e. The summed E-state index contributed by atoms with van der Waals surface area (Å²) in [5.74, 6) is 0. The number of benzene rings is 2. The van der Waals surface area contributed by atoms with E-state index in [0.717, 1.165) is 6.07 Å². The molecule has 0 saturated carbocycles. The molecule has 4 aromatic rings. The van der Waals surface area contributed by atoms with Crippen LogP contribution in [0.5, 0.6) is 0 Å². The molecule has 2 heterocycles. The Labute approximate surface area is 162 Å². The van der Waals surface area contributed by atoms with Gasteiger partial charge >= 0.3 is 6.18 Å². The van der Waals surface area contributed by atoms with E-state index in [9.17, 15) is 18.0 Å². The molecule has 0 aliphatic rings. The zero-order valence-electron chi connectivity index (χ0n) is 13.5. The summed E-state index contributed by atoms with van der Waals surface area (Å²) in [7, 11) is 0. The van der Waals surface area contributed by atoms with Crippen LogP contribution < -0.4 is 0 Å². The van der Waals surface area contributed by atoms with Crippen LogP contribution in [0.25, 0.3) is 27.5 Å². The van der Waals surface area contributed by atoms with Crippen LogP contribution >= 0.6 is 24.0 Å². The van der Waals surface area contributed by atoms with Crippen LogP contribution in [0.2, 0.25) is 0 Å². The smallest absolute Gasteiger partial charge is 0.315 e. The number of halogens is 5. The third-order valence-corrected chi connectivity index (χ3v) is 4.37. The Bertz CT molecular complexity index is 1170. The highest BCUT2D eigenvalue weighted by Gasteiger charge is 2.33. The number of carbonyl (C=O) groups is 1. The van der Waals surface area contributed by atoms with Gasteiger partial charge in [0.1, 0.15) is 5.69 Å². The van der Waals surface area contributed by atoms with Gasteiger partial charge in [-0.2, -0.15) is 13.2 Å². The van der Waals surface area contributed by atoms with E-state index in [2.05, 4.69) is 4.98 Å². The van der Waals surface area contributed by atoms with E-state index in [-0.39, 0.29) is 29.2 Å². The standard InChI is InChI=1S/C19H10ClF3N2O.ClH/c20-18(26)13-10-25(15-8-4-2-5-11(13)15)16-9-17(19(21,22)23)24-14-7-3-1-6-12(14)16;/h1-10H;1H. The van der Waals surface area contributed by atoms with Crippen molar-refractivity contribution in [2.75, 3.05) is 0 Å². The average molecular weight is 411 g/mol. The Morgan fingerprint density at radius 1 is 1.00 bits per heavy atom. The predicted molar refractivity (Wildman–Crippen MR) is 101 cm³/mol. The van der Waals surface area contributed by atoms with Gasteiger partial charge in [0.05, 0.1) is 22.3 Å². The van der Waals surface area contributed by atoms with E-state index in [4.69, 9.17) is 11.6 Å². The molecule has 4 rings (SSSR count). The normalized spacial score (nSPS) is 11.6. The Kier molecular flexibility index (Phi) is 4.88. The minimum Gasteiger partial charge on any atom is -0.315 e. The molecule has 0 radical (unpaired) electrons. The van der Waals surface area contributed by atoms with Crippen LogP contribution in [0.15, 0.2) is 60.8 Å². The fourth-order valence-electron chi connectivity index (χ4n) is 3.04. The summed E-state index contributed by atoms with van der Waals surface area (Å²) in [4.78, 5) is 15.5. The van der Waals surface area contributed by atoms with Gasteiger partial charge in [-0.3, -0.25) is 4.79 Å². The number of hydrogen-bond donors (Lipinski definition) is 0. The van der Waals surface area contributed by atoms with E-state index in [1.54, 1.807) is 47.0 Å². The minimum absolute atomic E-state index is 0. The molecule has 0 aliphatic heterocycles. The summed E-state index contributed by atoms with van der Waals surface area (Å²) >= 11 is 5.66. The number of aromatic nitrogens is 2. The Hall–Kier alpha value is -2.57. The number of hydrogen-bond acceptors (Lipinski definition) is 2. The molecule has 2 aromatic heterocycles. The first-order valence-corrected chi connectivity index (χ1v) is 8.01. The van der Waals surface area contributed by atoms with Crippen LogP contribution in [-0.2, 0) is 6.18 Å². The van der Waals surface area contributed by atoms with Gasteiger partial charge in [0, 0.05) is 17.0 Å². The van der Waals surface area contributed by atoms with E-state index < -0.39 is 17.1 Å². The van der Waals surface area contributed by atoms with Crippen molar-refractivity contribution in [1.82, 2.24) is 9.55 Å². The third kappa shape index (κ3) is 3.26. The SMILES string of the molecule is Cl.O=C(Cl)c1cn(-c2cc(C(F)(F)F)nc3ccccc23)c2ccccc12. The summed E-state index contributed by atoms with van der Waals surface area (Å²) in [6.45, 7) is 0. The number of fused-ring (bicyclic) bond motifs is 2. The van der Waals surface area contributed by atoms with Crippen molar-refractivity contribution in [3.05, 3.63) is 72.1 Å². The quantitative estimate of drug-likeness (QED) is 0.380. The van der Waals surface area contributed by atoms with E-state index >= 15 is 0 Å². The molecule has 0 fully saturated rings.